The van der Waals surface area contributed by atoms with E-state index >= 15 is 0 Å². The number of halogens is 1. The predicted molar refractivity (Wildman–Crippen MR) is 80.3 cm³/mol. The molecule has 4 heteroatoms. The van der Waals surface area contributed by atoms with E-state index in [9.17, 15) is 9.18 Å². The molecule has 116 valence electrons. The molecule has 0 spiro atoms. The van der Waals surface area contributed by atoms with Gasteiger partial charge in [-0.15, -0.1) is 0 Å². The Labute approximate surface area is 125 Å². The number of carbonyl (C=O) groups excluding carboxylic acids is 1. The third-order valence-electron chi connectivity index (χ3n) is 3.86. The molecule has 0 bridgehead atoms. The van der Waals surface area contributed by atoms with Crippen LogP contribution in [0.3, 0.4) is 0 Å². The first-order chi connectivity index (χ1) is 9.88. The molecule has 0 radical (unpaired) electrons. The molecule has 0 amide bonds. The second kappa shape index (κ2) is 6.56. The van der Waals surface area contributed by atoms with E-state index in [-0.39, 0.29) is 23.8 Å². The number of nitrogens with one attached hydrogen (secondary N) is 1. The quantitative estimate of drug-likeness (QED) is 0.867. The number of esters is 1. The van der Waals surface area contributed by atoms with Crippen LogP contribution < -0.4 is 5.32 Å². The number of hydrogen-bond donors (Lipinski definition) is 1. The van der Waals surface area contributed by atoms with Gasteiger partial charge in [0.2, 0.25) is 0 Å². The van der Waals surface area contributed by atoms with Crippen molar-refractivity contribution in [2.45, 2.75) is 39.7 Å². The van der Waals surface area contributed by atoms with Gasteiger partial charge in [-0.1, -0.05) is 12.1 Å². The van der Waals surface area contributed by atoms with Crippen molar-refractivity contribution in [1.29, 1.82) is 0 Å². The van der Waals surface area contributed by atoms with Gasteiger partial charge in [0.05, 0.1) is 5.41 Å². The molecule has 1 N–H and O–H groups in total. The molecule has 1 saturated heterocycles. The standard InChI is InChI=1S/C17H24FNO2/c1-17(2,3)16(20)21-15(13-8-10-19-11-9-13)12-4-6-14(18)7-5-12/h4-7,13,15,19H,8-11H2,1-3H3. The lowest BCUT2D eigenvalue weighted by atomic mass is 9.87. The predicted octanol–water partition coefficient (Wildman–Crippen LogP) is 3.46. The van der Waals surface area contributed by atoms with Crippen LogP contribution in [0.25, 0.3) is 0 Å². The lowest BCUT2D eigenvalue weighted by Gasteiger charge is -2.32. The van der Waals surface area contributed by atoms with Crippen LogP contribution in [-0.2, 0) is 9.53 Å². The van der Waals surface area contributed by atoms with Gasteiger partial charge in [0.25, 0.3) is 0 Å². The molecule has 1 heterocycles. The average Bonchev–Trinajstić information content (AvgIpc) is 2.45. The molecular weight excluding hydrogens is 269 g/mol. The number of carbonyl (C=O) groups is 1. The monoisotopic (exact) mass is 293 g/mol. The van der Waals surface area contributed by atoms with Gasteiger partial charge >= 0.3 is 5.97 Å². The molecule has 1 aromatic carbocycles. The largest absolute Gasteiger partial charge is 0.457 e. The minimum absolute atomic E-state index is 0.213. The number of hydrogen-bond acceptors (Lipinski definition) is 3. The molecule has 1 aromatic rings. The van der Waals surface area contributed by atoms with E-state index < -0.39 is 5.41 Å². The van der Waals surface area contributed by atoms with Gasteiger partial charge < -0.3 is 10.1 Å². The first kappa shape index (κ1) is 16.0. The van der Waals surface area contributed by atoms with E-state index in [1.54, 1.807) is 12.1 Å². The van der Waals surface area contributed by atoms with Crippen LogP contribution in [0, 0.1) is 17.2 Å². The number of benzene rings is 1. The van der Waals surface area contributed by atoms with Gasteiger partial charge in [0, 0.05) is 5.92 Å². The van der Waals surface area contributed by atoms with Crippen molar-refractivity contribution >= 4 is 5.97 Å². The third-order valence-corrected chi connectivity index (χ3v) is 3.86. The molecular formula is C17H24FNO2. The first-order valence-corrected chi connectivity index (χ1v) is 7.55. The van der Waals surface area contributed by atoms with E-state index in [1.165, 1.54) is 12.1 Å². The van der Waals surface area contributed by atoms with Crippen LogP contribution >= 0.6 is 0 Å². The Kier molecular flexibility index (Phi) is 4.99. The lowest BCUT2D eigenvalue weighted by molar-refractivity contribution is -0.162. The van der Waals surface area contributed by atoms with E-state index in [1.807, 2.05) is 20.8 Å². The highest BCUT2D eigenvalue weighted by Gasteiger charge is 2.32. The van der Waals surface area contributed by atoms with Gasteiger partial charge in [0.1, 0.15) is 11.9 Å². The smallest absolute Gasteiger partial charge is 0.311 e. The van der Waals surface area contributed by atoms with E-state index in [2.05, 4.69) is 5.32 Å². The summed E-state index contributed by atoms with van der Waals surface area (Å²) in [6.45, 7) is 7.39. The highest BCUT2D eigenvalue weighted by molar-refractivity contribution is 5.75. The van der Waals surface area contributed by atoms with E-state index in [4.69, 9.17) is 4.74 Å². The van der Waals surface area contributed by atoms with Crippen LogP contribution in [0.5, 0.6) is 0 Å². The van der Waals surface area contributed by atoms with Crippen LogP contribution in [0.2, 0.25) is 0 Å². The van der Waals surface area contributed by atoms with Gasteiger partial charge in [-0.25, -0.2) is 4.39 Å². The molecule has 1 aliphatic heterocycles. The molecule has 0 saturated carbocycles. The Morgan fingerprint density at radius 2 is 1.81 bits per heavy atom. The van der Waals surface area contributed by atoms with Gasteiger partial charge in [-0.05, 0) is 64.4 Å². The Morgan fingerprint density at radius 1 is 1.24 bits per heavy atom. The van der Waals surface area contributed by atoms with Crippen molar-refractivity contribution in [2.75, 3.05) is 13.1 Å². The first-order valence-electron chi connectivity index (χ1n) is 7.55. The van der Waals surface area contributed by atoms with Crippen molar-refractivity contribution in [3.8, 4) is 0 Å². The summed E-state index contributed by atoms with van der Waals surface area (Å²) in [5.74, 6) is -0.205. The molecule has 1 fully saturated rings. The number of ether oxygens (including phenoxy) is 1. The third kappa shape index (κ3) is 4.27. The fraction of sp³-hybridized carbons (Fsp3) is 0.588. The maximum Gasteiger partial charge on any atom is 0.311 e. The Hall–Kier alpha value is -1.42. The molecule has 1 aliphatic rings. The summed E-state index contributed by atoms with van der Waals surface area (Å²) in [7, 11) is 0. The maximum absolute atomic E-state index is 13.1. The zero-order valence-corrected chi connectivity index (χ0v) is 13.0. The zero-order chi connectivity index (χ0) is 15.5. The van der Waals surface area contributed by atoms with E-state index in [0.29, 0.717) is 0 Å². The molecule has 3 nitrogen and oxygen atoms in total. The summed E-state index contributed by atoms with van der Waals surface area (Å²) in [6, 6.07) is 6.29. The normalized spacial score (nSPS) is 18.3. The highest BCUT2D eigenvalue weighted by Crippen LogP contribution is 2.34. The Morgan fingerprint density at radius 3 is 2.33 bits per heavy atom. The Bertz CT molecular complexity index is 473. The van der Waals surface area contributed by atoms with Gasteiger partial charge in [-0.2, -0.15) is 0 Å². The van der Waals surface area contributed by atoms with Crippen LogP contribution in [0.4, 0.5) is 4.39 Å². The zero-order valence-electron chi connectivity index (χ0n) is 13.0. The average molecular weight is 293 g/mol. The van der Waals surface area contributed by atoms with Gasteiger partial charge in [0.15, 0.2) is 0 Å². The van der Waals surface area contributed by atoms with Crippen LogP contribution in [0.15, 0.2) is 24.3 Å². The van der Waals surface area contributed by atoms with Crippen molar-refractivity contribution in [1.82, 2.24) is 5.32 Å². The fourth-order valence-electron chi connectivity index (χ4n) is 2.53. The van der Waals surface area contributed by atoms with Crippen LogP contribution in [0.1, 0.15) is 45.3 Å². The summed E-state index contributed by atoms with van der Waals surface area (Å²) in [5, 5.41) is 3.31. The second-order valence-electron chi connectivity index (χ2n) is 6.71. The molecule has 0 aromatic heterocycles. The minimum Gasteiger partial charge on any atom is -0.457 e. The summed E-state index contributed by atoms with van der Waals surface area (Å²) in [4.78, 5) is 12.2. The molecule has 1 atom stereocenters. The molecule has 2 rings (SSSR count). The van der Waals surface area contributed by atoms with Crippen molar-refractivity contribution in [3.05, 3.63) is 35.6 Å². The molecule has 21 heavy (non-hydrogen) atoms. The highest BCUT2D eigenvalue weighted by atomic mass is 19.1. The molecule has 1 unspecified atom stereocenters. The Balaban J connectivity index is 2.21. The van der Waals surface area contributed by atoms with Crippen LogP contribution in [-0.4, -0.2) is 19.1 Å². The summed E-state index contributed by atoms with van der Waals surface area (Å²) < 4.78 is 18.9. The number of rotatable bonds is 3. The summed E-state index contributed by atoms with van der Waals surface area (Å²) in [6.07, 6.45) is 1.62. The summed E-state index contributed by atoms with van der Waals surface area (Å²) in [5.41, 5.74) is 0.339. The lowest BCUT2D eigenvalue weighted by Crippen LogP contribution is -2.34. The van der Waals surface area contributed by atoms with Crippen molar-refractivity contribution in [3.63, 3.8) is 0 Å². The SMILES string of the molecule is CC(C)(C)C(=O)OC(c1ccc(F)cc1)C1CCNCC1. The molecule has 0 aliphatic carbocycles. The minimum atomic E-state index is -0.537. The second-order valence-corrected chi connectivity index (χ2v) is 6.71. The summed E-state index contributed by atoms with van der Waals surface area (Å²) >= 11 is 0. The van der Waals surface area contributed by atoms with Crippen molar-refractivity contribution < 1.29 is 13.9 Å². The van der Waals surface area contributed by atoms with Gasteiger partial charge in [-0.3, -0.25) is 4.79 Å². The topological polar surface area (TPSA) is 38.3 Å². The van der Waals surface area contributed by atoms with Crippen molar-refractivity contribution in [2.24, 2.45) is 11.3 Å². The maximum atomic E-state index is 13.1. The fourth-order valence-corrected chi connectivity index (χ4v) is 2.53. The number of piperidine rings is 1. The van der Waals surface area contributed by atoms with E-state index in [0.717, 1.165) is 31.5 Å².